The van der Waals surface area contributed by atoms with Crippen molar-refractivity contribution >= 4 is 5.97 Å². The molecular formula is C10H20N2O2. The van der Waals surface area contributed by atoms with Crippen LogP contribution in [-0.2, 0) is 9.53 Å². The predicted octanol–water partition coefficient (Wildman–Crippen LogP) is 0.232. The summed E-state index contributed by atoms with van der Waals surface area (Å²) in [6.07, 6.45) is 0. The van der Waals surface area contributed by atoms with E-state index in [0.29, 0.717) is 25.2 Å². The SMILES string of the molecule is CCOC(=O)CN1C(C)CNCC1C. The predicted molar refractivity (Wildman–Crippen MR) is 55.1 cm³/mol. The molecule has 1 aliphatic rings. The van der Waals surface area contributed by atoms with Gasteiger partial charge in [-0.05, 0) is 20.8 Å². The Morgan fingerprint density at radius 3 is 2.50 bits per heavy atom. The van der Waals surface area contributed by atoms with Crippen LogP contribution in [-0.4, -0.2) is 49.2 Å². The lowest BCUT2D eigenvalue weighted by molar-refractivity contribution is -0.146. The molecule has 2 atom stereocenters. The van der Waals surface area contributed by atoms with Crippen molar-refractivity contribution < 1.29 is 9.53 Å². The first kappa shape index (κ1) is 11.5. The quantitative estimate of drug-likeness (QED) is 0.662. The Morgan fingerprint density at radius 1 is 1.43 bits per heavy atom. The van der Waals surface area contributed by atoms with Crippen molar-refractivity contribution in [3.8, 4) is 0 Å². The maximum Gasteiger partial charge on any atom is 0.320 e. The molecule has 82 valence electrons. The zero-order valence-electron chi connectivity index (χ0n) is 9.25. The summed E-state index contributed by atoms with van der Waals surface area (Å²) in [5, 5.41) is 3.33. The van der Waals surface area contributed by atoms with Crippen LogP contribution in [0, 0.1) is 0 Å². The number of carbonyl (C=O) groups is 1. The molecule has 0 aromatic heterocycles. The maximum atomic E-state index is 11.3. The molecule has 0 saturated carbocycles. The fourth-order valence-corrected chi connectivity index (χ4v) is 1.84. The molecule has 1 fully saturated rings. The molecule has 4 heteroatoms. The van der Waals surface area contributed by atoms with E-state index in [-0.39, 0.29) is 5.97 Å². The van der Waals surface area contributed by atoms with Gasteiger partial charge in [-0.25, -0.2) is 0 Å². The molecule has 4 nitrogen and oxygen atoms in total. The summed E-state index contributed by atoms with van der Waals surface area (Å²) in [6, 6.07) is 0.811. The lowest BCUT2D eigenvalue weighted by atomic mass is 10.1. The van der Waals surface area contributed by atoms with Crippen molar-refractivity contribution in [2.24, 2.45) is 0 Å². The van der Waals surface area contributed by atoms with Crippen molar-refractivity contribution in [3.63, 3.8) is 0 Å². The molecule has 0 radical (unpaired) electrons. The Hall–Kier alpha value is -0.610. The monoisotopic (exact) mass is 200 g/mol. The number of hydrogen-bond donors (Lipinski definition) is 1. The fourth-order valence-electron chi connectivity index (χ4n) is 1.84. The Labute approximate surface area is 85.6 Å². The summed E-state index contributed by atoms with van der Waals surface area (Å²) < 4.78 is 4.94. The minimum Gasteiger partial charge on any atom is -0.465 e. The minimum absolute atomic E-state index is 0.118. The Morgan fingerprint density at radius 2 is 2.00 bits per heavy atom. The molecule has 0 aliphatic carbocycles. The van der Waals surface area contributed by atoms with E-state index in [1.165, 1.54) is 0 Å². The fraction of sp³-hybridized carbons (Fsp3) is 0.900. The summed E-state index contributed by atoms with van der Waals surface area (Å²) >= 11 is 0. The standard InChI is InChI=1S/C10H20N2O2/c1-4-14-10(13)7-12-8(2)5-11-6-9(12)3/h8-9,11H,4-7H2,1-3H3. The topological polar surface area (TPSA) is 41.6 Å². The molecule has 14 heavy (non-hydrogen) atoms. The van der Waals surface area contributed by atoms with E-state index in [2.05, 4.69) is 24.1 Å². The van der Waals surface area contributed by atoms with Crippen LogP contribution >= 0.6 is 0 Å². The largest absolute Gasteiger partial charge is 0.465 e. The molecule has 0 amide bonds. The van der Waals surface area contributed by atoms with Crippen LogP contribution in [0.4, 0.5) is 0 Å². The highest BCUT2D eigenvalue weighted by Crippen LogP contribution is 2.08. The Balaban J connectivity index is 2.43. The second-order valence-electron chi connectivity index (χ2n) is 3.83. The number of nitrogens with one attached hydrogen (secondary N) is 1. The smallest absolute Gasteiger partial charge is 0.320 e. The van der Waals surface area contributed by atoms with Gasteiger partial charge in [0.2, 0.25) is 0 Å². The van der Waals surface area contributed by atoms with Gasteiger partial charge in [-0.15, -0.1) is 0 Å². The Bertz CT molecular complexity index is 187. The number of piperazine rings is 1. The van der Waals surface area contributed by atoms with Gasteiger partial charge in [-0.2, -0.15) is 0 Å². The van der Waals surface area contributed by atoms with Crippen molar-refractivity contribution in [2.45, 2.75) is 32.9 Å². The van der Waals surface area contributed by atoms with Crippen LogP contribution in [0.3, 0.4) is 0 Å². The number of carbonyl (C=O) groups excluding carboxylic acids is 1. The van der Waals surface area contributed by atoms with E-state index in [9.17, 15) is 4.79 Å². The van der Waals surface area contributed by atoms with Crippen LogP contribution in [0.15, 0.2) is 0 Å². The van der Waals surface area contributed by atoms with Gasteiger partial charge in [0.25, 0.3) is 0 Å². The van der Waals surface area contributed by atoms with E-state index in [1.807, 2.05) is 6.92 Å². The first-order chi connectivity index (χ1) is 6.65. The summed E-state index contributed by atoms with van der Waals surface area (Å²) in [4.78, 5) is 13.5. The molecule has 1 rings (SSSR count). The van der Waals surface area contributed by atoms with Crippen molar-refractivity contribution in [1.29, 1.82) is 0 Å². The highest BCUT2D eigenvalue weighted by atomic mass is 16.5. The summed E-state index contributed by atoms with van der Waals surface area (Å²) in [7, 11) is 0. The van der Waals surface area contributed by atoms with Crippen molar-refractivity contribution in [3.05, 3.63) is 0 Å². The summed E-state index contributed by atoms with van der Waals surface area (Å²) in [5.74, 6) is -0.118. The normalized spacial score (nSPS) is 28.8. The second-order valence-corrected chi connectivity index (χ2v) is 3.83. The molecule has 0 aromatic rings. The molecule has 1 heterocycles. The maximum absolute atomic E-state index is 11.3. The highest BCUT2D eigenvalue weighted by Gasteiger charge is 2.26. The molecule has 2 unspecified atom stereocenters. The highest BCUT2D eigenvalue weighted by molar-refractivity contribution is 5.71. The lowest BCUT2D eigenvalue weighted by Gasteiger charge is -2.38. The van der Waals surface area contributed by atoms with Crippen LogP contribution < -0.4 is 5.32 Å². The molecule has 1 saturated heterocycles. The van der Waals surface area contributed by atoms with Gasteiger partial charge in [0.05, 0.1) is 13.2 Å². The van der Waals surface area contributed by atoms with Gasteiger partial charge in [-0.1, -0.05) is 0 Å². The molecular weight excluding hydrogens is 180 g/mol. The van der Waals surface area contributed by atoms with Gasteiger partial charge in [0.1, 0.15) is 0 Å². The van der Waals surface area contributed by atoms with Gasteiger partial charge in [0.15, 0.2) is 0 Å². The average molecular weight is 200 g/mol. The molecule has 0 bridgehead atoms. The number of nitrogens with zero attached hydrogens (tertiary/aromatic N) is 1. The van der Waals surface area contributed by atoms with E-state index in [4.69, 9.17) is 4.74 Å². The van der Waals surface area contributed by atoms with Crippen molar-refractivity contribution in [1.82, 2.24) is 10.2 Å². The molecule has 0 spiro atoms. The van der Waals surface area contributed by atoms with E-state index in [1.54, 1.807) is 0 Å². The summed E-state index contributed by atoms with van der Waals surface area (Å²) in [5.41, 5.74) is 0. The number of esters is 1. The zero-order chi connectivity index (χ0) is 10.6. The zero-order valence-corrected chi connectivity index (χ0v) is 9.25. The van der Waals surface area contributed by atoms with Gasteiger partial charge in [0, 0.05) is 25.2 Å². The van der Waals surface area contributed by atoms with E-state index in [0.717, 1.165) is 13.1 Å². The van der Waals surface area contributed by atoms with Crippen LogP contribution in [0.1, 0.15) is 20.8 Å². The van der Waals surface area contributed by atoms with E-state index >= 15 is 0 Å². The first-order valence-corrected chi connectivity index (χ1v) is 5.27. The van der Waals surface area contributed by atoms with Gasteiger partial charge >= 0.3 is 5.97 Å². The van der Waals surface area contributed by atoms with Crippen molar-refractivity contribution in [2.75, 3.05) is 26.2 Å². The third-order valence-corrected chi connectivity index (χ3v) is 2.63. The molecule has 1 aliphatic heterocycles. The number of ether oxygens (including phenoxy) is 1. The van der Waals surface area contributed by atoms with E-state index < -0.39 is 0 Å². The third kappa shape index (κ3) is 2.96. The van der Waals surface area contributed by atoms with Crippen LogP contribution in [0.5, 0.6) is 0 Å². The van der Waals surface area contributed by atoms with Crippen LogP contribution in [0.25, 0.3) is 0 Å². The second kappa shape index (κ2) is 5.32. The van der Waals surface area contributed by atoms with Gasteiger partial charge in [-0.3, -0.25) is 9.69 Å². The number of hydrogen-bond acceptors (Lipinski definition) is 4. The molecule has 1 N–H and O–H groups in total. The molecule has 0 aromatic carbocycles. The van der Waals surface area contributed by atoms with Crippen LogP contribution in [0.2, 0.25) is 0 Å². The third-order valence-electron chi connectivity index (χ3n) is 2.63. The lowest BCUT2D eigenvalue weighted by Crippen LogP contribution is -2.56. The number of rotatable bonds is 3. The first-order valence-electron chi connectivity index (χ1n) is 5.27. The van der Waals surface area contributed by atoms with Gasteiger partial charge < -0.3 is 10.1 Å². The Kier molecular flexibility index (Phi) is 4.35. The minimum atomic E-state index is -0.118. The average Bonchev–Trinajstić information content (AvgIpc) is 2.12. The summed E-state index contributed by atoms with van der Waals surface area (Å²) in [6.45, 7) is 8.87.